The number of benzene rings is 2. The molecule has 3 nitrogen and oxygen atoms in total. The smallest absolute Gasteiger partial charge is 0.128 e. The molecule has 4 heteroatoms. The van der Waals surface area contributed by atoms with Crippen LogP contribution in [-0.2, 0) is 19.3 Å². The van der Waals surface area contributed by atoms with Crippen molar-refractivity contribution in [3.05, 3.63) is 82.3 Å². The summed E-state index contributed by atoms with van der Waals surface area (Å²) >= 11 is 6.25. The largest absolute Gasteiger partial charge is 0.317 e. The van der Waals surface area contributed by atoms with Gasteiger partial charge in [0.15, 0.2) is 0 Å². The number of aromatic nitrogens is 2. The molecule has 0 spiro atoms. The van der Waals surface area contributed by atoms with Crippen molar-refractivity contribution in [2.24, 2.45) is 5.92 Å². The lowest BCUT2D eigenvalue weighted by molar-refractivity contribution is 0.354. The standard InChI is InChI=1S/C27H32ClN3/c1-20-8-9-23(19-25(20)28)5-3-7-27-30-17-14-26(31-27)24-6-2-4-22(18-24)11-10-21-12-15-29-16-13-21/h2,4,6,8-9,14,17-19,21,29H,3,5,7,10-13,15-16H2,1H3. The van der Waals surface area contributed by atoms with Crippen LogP contribution >= 0.6 is 11.6 Å². The van der Waals surface area contributed by atoms with Crippen LogP contribution in [0.15, 0.2) is 54.7 Å². The molecule has 0 radical (unpaired) electrons. The highest BCUT2D eigenvalue weighted by atomic mass is 35.5. The number of hydrogen-bond donors (Lipinski definition) is 1. The lowest BCUT2D eigenvalue weighted by Gasteiger charge is -2.22. The third kappa shape index (κ3) is 6.38. The zero-order chi connectivity index (χ0) is 21.5. The predicted octanol–water partition coefficient (Wildman–Crippen LogP) is 6.21. The van der Waals surface area contributed by atoms with Crippen molar-refractivity contribution in [2.75, 3.05) is 13.1 Å². The van der Waals surface area contributed by atoms with E-state index in [-0.39, 0.29) is 0 Å². The summed E-state index contributed by atoms with van der Waals surface area (Å²) in [5, 5.41) is 4.30. The summed E-state index contributed by atoms with van der Waals surface area (Å²) in [6, 6.07) is 17.2. The highest BCUT2D eigenvalue weighted by Crippen LogP contribution is 2.23. The number of hydrogen-bond acceptors (Lipinski definition) is 3. The molecule has 1 aliphatic heterocycles. The fourth-order valence-corrected chi connectivity index (χ4v) is 4.55. The second kappa shape index (κ2) is 10.9. The average Bonchev–Trinajstić information content (AvgIpc) is 2.81. The van der Waals surface area contributed by atoms with E-state index >= 15 is 0 Å². The third-order valence-electron chi connectivity index (χ3n) is 6.33. The highest BCUT2D eigenvalue weighted by molar-refractivity contribution is 6.31. The fourth-order valence-electron chi connectivity index (χ4n) is 4.35. The molecular weight excluding hydrogens is 402 g/mol. The second-order valence-corrected chi connectivity index (χ2v) is 9.13. The van der Waals surface area contributed by atoms with Crippen molar-refractivity contribution >= 4 is 11.6 Å². The molecule has 1 N–H and O–H groups in total. The van der Waals surface area contributed by atoms with Gasteiger partial charge in [-0.1, -0.05) is 41.9 Å². The lowest BCUT2D eigenvalue weighted by Crippen LogP contribution is -2.27. The number of aryl methyl sites for hydroxylation is 4. The van der Waals surface area contributed by atoms with Gasteiger partial charge in [-0.15, -0.1) is 0 Å². The van der Waals surface area contributed by atoms with Gasteiger partial charge in [-0.05, 0) is 99.3 Å². The number of halogens is 1. The molecule has 2 aromatic carbocycles. The van der Waals surface area contributed by atoms with Gasteiger partial charge in [0, 0.05) is 23.2 Å². The molecular formula is C27H32ClN3. The van der Waals surface area contributed by atoms with Crippen LogP contribution in [0, 0.1) is 12.8 Å². The van der Waals surface area contributed by atoms with Crippen LogP contribution in [0.25, 0.3) is 11.3 Å². The van der Waals surface area contributed by atoms with Crippen LogP contribution in [0.5, 0.6) is 0 Å². The normalized spacial score (nSPS) is 14.6. The van der Waals surface area contributed by atoms with Crippen molar-refractivity contribution in [3.8, 4) is 11.3 Å². The Bertz CT molecular complexity index is 995. The van der Waals surface area contributed by atoms with E-state index in [9.17, 15) is 0 Å². The van der Waals surface area contributed by atoms with E-state index < -0.39 is 0 Å². The first-order valence-corrected chi connectivity index (χ1v) is 11.9. The quantitative estimate of drug-likeness (QED) is 0.458. The molecule has 2 heterocycles. The molecule has 0 atom stereocenters. The van der Waals surface area contributed by atoms with Crippen LogP contribution in [0.2, 0.25) is 5.02 Å². The fraction of sp³-hybridized carbons (Fsp3) is 0.407. The zero-order valence-corrected chi connectivity index (χ0v) is 19.2. The summed E-state index contributed by atoms with van der Waals surface area (Å²) in [6.07, 6.45) is 9.81. The molecule has 162 valence electrons. The summed E-state index contributed by atoms with van der Waals surface area (Å²) in [7, 11) is 0. The summed E-state index contributed by atoms with van der Waals surface area (Å²) in [6.45, 7) is 4.38. The molecule has 1 aliphatic rings. The molecule has 0 aliphatic carbocycles. The van der Waals surface area contributed by atoms with E-state index in [0.717, 1.165) is 53.7 Å². The van der Waals surface area contributed by atoms with E-state index in [0.29, 0.717) is 0 Å². The van der Waals surface area contributed by atoms with Crippen molar-refractivity contribution in [1.82, 2.24) is 15.3 Å². The number of piperidine rings is 1. The van der Waals surface area contributed by atoms with Crippen LogP contribution in [0.4, 0.5) is 0 Å². The Morgan fingerprint density at radius 1 is 0.968 bits per heavy atom. The maximum absolute atomic E-state index is 6.25. The van der Waals surface area contributed by atoms with E-state index in [4.69, 9.17) is 16.6 Å². The Kier molecular flexibility index (Phi) is 7.71. The molecule has 1 aromatic heterocycles. The maximum atomic E-state index is 6.25. The van der Waals surface area contributed by atoms with Crippen LogP contribution in [0.1, 0.15) is 48.2 Å². The SMILES string of the molecule is Cc1ccc(CCCc2nccc(-c3cccc(CCC4CCNCC4)c3)n2)cc1Cl. The minimum Gasteiger partial charge on any atom is -0.317 e. The van der Waals surface area contributed by atoms with Gasteiger partial charge in [-0.25, -0.2) is 9.97 Å². The number of nitrogens with one attached hydrogen (secondary N) is 1. The Labute approximate surface area is 191 Å². The van der Waals surface area contributed by atoms with Crippen LogP contribution < -0.4 is 5.32 Å². The van der Waals surface area contributed by atoms with Gasteiger partial charge in [-0.2, -0.15) is 0 Å². The zero-order valence-electron chi connectivity index (χ0n) is 18.4. The molecule has 0 unspecified atom stereocenters. The Morgan fingerprint density at radius 3 is 2.65 bits per heavy atom. The molecule has 0 saturated carbocycles. The van der Waals surface area contributed by atoms with Gasteiger partial charge < -0.3 is 5.32 Å². The van der Waals surface area contributed by atoms with Crippen molar-refractivity contribution in [1.29, 1.82) is 0 Å². The minimum absolute atomic E-state index is 0.843. The van der Waals surface area contributed by atoms with Gasteiger partial charge in [0.25, 0.3) is 0 Å². The van der Waals surface area contributed by atoms with E-state index in [1.807, 2.05) is 19.2 Å². The molecule has 4 rings (SSSR count). The van der Waals surface area contributed by atoms with Crippen LogP contribution in [0.3, 0.4) is 0 Å². The van der Waals surface area contributed by atoms with Gasteiger partial charge in [0.2, 0.25) is 0 Å². The first-order chi connectivity index (χ1) is 15.2. The summed E-state index contributed by atoms with van der Waals surface area (Å²) < 4.78 is 0. The number of rotatable bonds is 8. The Morgan fingerprint density at radius 2 is 1.81 bits per heavy atom. The first-order valence-electron chi connectivity index (χ1n) is 11.5. The van der Waals surface area contributed by atoms with E-state index in [1.54, 1.807) is 0 Å². The molecule has 3 aromatic rings. The van der Waals surface area contributed by atoms with Crippen molar-refractivity contribution < 1.29 is 0 Å². The van der Waals surface area contributed by atoms with E-state index in [2.05, 4.69) is 52.8 Å². The summed E-state index contributed by atoms with van der Waals surface area (Å²) in [5.41, 5.74) is 6.02. The van der Waals surface area contributed by atoms with Gasteiger partial charge in [0.1, 0.15) is 5.82 Å². The van der Waals surface area contributed by atoms with Crippen molar-refractivity contribution in [2.45, 2.75) is 51.9 Å². The van der Waals surface area contributed by atoms with Gasteiger partial charge in [0.05, 0.1) is 5.69 Å². The molecule has 0 bridgehead atoms. The average molecular weight is 434 g/mol. The molecule has 31 heavy (non-hydrogen) atoms. The van der Waals surface area contributed by atoms with Crippen molar-refractivity contribution in [3.63, 3.8) is 0 Å². The first kappa shape index (κ1) is 22.0. The number of nitrogens with zero attached hydrogens (tertiary/aromatic N) is 2. The molecule has 1 fully saturated rings. The van der Waals surface area contributed by atoms with Gasteiger partial charge >= 0.3 is 0 Å². The molecule has 1 saturated heterocycles. The van der Waals surface area contributed by atoms with Gasteiger partial charge in [-0.3, -0.25) is 0 Å². The lowest BCUT2D eigenvalue weighted by atomic mass is 9.91. The van der Waals surface area contributed by atoms with Crippen LogP contribution in [-0.4, -0.2) is 23.1 Å². The third-order valence-corrected chi connectivity index (χ3v) is 6.74. The second-order valence-electron chi connectivity index (χ2n) is 8.73. The minimum atomic E-state index is 0.843. The Hall–Kier alpha value is -2.23. The summed E-state index contributed by atoms with van der Waals surface area (Å²) in [4.78, 5) is 9.36. The van der Waals surface area contributed by atoms with E-state index in [1.165, 1.54) is 49.0 Å². The molecule has 0 amide bonds. The highest BCUT2D eigenvalue weighted by Gasteiger charge is 2.13. The summed E-state index contributed by atoms with van der Waals surface area (Å²) in [5.74, 6) is 1.77. The monoisotopic (exact) mass is 433 g/mol. The predicted molar refractivity (Wildman–Crippen MR) is 130 cm³/mol. The maximum Gasteiger partial charge on any atom is 0.128 e. The Balaban J connectivity index is 1.35. The topological polar surface area (TPSA) is 37.8 Å².